The Hall–Kier alpha value is -1.81. The van der Waals surface area contributed by atoms with E-state index in [9.17, 15) is 9.59 Å². The zero-order valence-corrected chi connectivity index (χ0v) is 17.9. The van der Waals surface area contributed by atoms with E-state index in [4.69, 9.17) is 4.74 Å². The molecule has 0 fully saturated rings. The Balaban J connectivity index is 1.73. The van der Waals surface area contributed by atoms with Crippen LogP contribution in [0, 0.1) is 10.8 Å². The van der Waals surface area contributed by atoms with Crippen LogP contribution >= 0.6 is 11.8 Å². The fourth-order valence-electron chi connectivity index (χ4n) is 4.54. The van der Waals surface area contributed by atoms with Gasteiger partial charge in [-0.15, -0.1) is 11.8 Å². The lowest BCUT2D eigenvalue weighted by atomic mass is 9.70. The second-order valence-electron chi connectivity index (χ2n) is 9.83. The van der Waals surface area contributed by atoms with Crippen molar-refractivity contribution in [1.29, 1.82) is 0 Å². The number of ketones is 2. The van der Waals surface area contributed by atoms with E-state index in [2.05, 4.69) is 39.8 Å². The van der Waals surface area contributed by atoms with Crippen LogP contribution in [-0.4, -0.2) is 16.8 Å². The summed E-state index contributed by atoms with van der Waals surface area (Å²) < 4.78 is 6.29. The molecule has 0 saturated heterocycles. The number of hydrogen-bond acceptors (Lipinski definition) is 4. The van der Waals surface area contributed by atoms with E-state index in [-0.39, 0.29) is 27.6 Å². The van der Waals surface area contributed by atoms with E-state index in [1.54, 1.807) is 11.8 Å². The molecule has 4 rings (SSSR count). The van der Waals surface area contributed by atoms with Gasteiger partial charge in [0.15, 0.2) is 11.6 Å². The molecule has 4 heteroatoms. The second-order valence-corrected chi connectivity index (χ2v) is 10.9. The van der Waals surface area contributed by atoms with Crippen molar-refractivity contribution in [3.05, 3.63) is 58.6 Å². The maximum atomic E-state index is 13.1. The molecule has 0 spiro atoms. The minimum atomic E-state index is -0.203. The molecule has 0 N–H and O–H groups in total. The molecule has 1 aromatic rings. The highest BCUT2D eigenvalue weighted by molar-refractivity contribution is 7.99. The van der Waals surface area contributed by atoms with E-state index in [0.717, 1.165) is 41.3 Å². The zero-order valence-electron chi connectivity index (χ0n) is 17.1. The third-order valence-electron chi connectivity index (χ3n) is 5.79. The molecule has 0 bridgehead atoms. The Kier molecular flexibility index (Phi) is 4.81. The molecule has 0 radical (unpaired) electrons. The van der Waals surface area contributed by atoms with Gasteiger partial charge in [-0.1, -0.05) is 58.0 Å². The van der Waals surface area contributed by atoms with Gasteiger partial charge < -0.3 is 4.74 Å². The van der Waals surface area contributed by atoms with Crippen molar-refractivity contribution in [3.8, 4) is 0 Å². The Morgan fingerprint density at radius 3 is 1.86 bits per heavy atom. The fraction of sp³-hybridized carbons (Fsp3) is 0.500. The lowest BCUT2D eigenvalue weighted by Crippen LogP contribution is -2.39. The number of thioether (sulfide) groups is 1. The SMILES string of the molecule is CC1(C)CC(=O)C2=C(C1)OC1=C(C(=O)CC(C)(C)C1)C2SCc1ccccc1. The van der Waals surface area contributed by atoms with Gasteiger partial charge in [-0.3, -0.25) is 9.59 Å². The lowest BCUT2D eigenvalue weighted by Gasteiger charge is -2.42. The summed E-state index contributed by atoms with van der Waals surface area (Å²) in [6, 6.07) is 10.2. The summed E-state index contributed by atoms with van der Waals surface area (Å²) in [7, 11) is 0. The third kappa shape index (κ3) is 3.71. The lowest BCUT2D eigenvalue weighted by molar-refractivity contribution is -0.119. The van der Waals surface area contributed by atoms with Crippen LogP contribution in [0.4, 0.5) is 0 Å². The van der Waals surface area contributed by atoms with Crippen LogP contribution in [0.3, 0.4) is 0 Å². The normalized spacial score (nSPS) is 24.0. The van der Waals surface area contributed by atoms with Crippen LogP contribution in [0.5, 0.6) is 0 Å². The molecule has 1 aromatic carbocycles. The van der Waals surface area contributed by atoms with Gasteiger partial charge in [-0.25, -0.2) is 0 Å². The molecule has 0 atom stereocenters. The molecule has 3 aliphatic rings. The standard InChI is InChI=1S/C24H28O3S/c1-23(2)10-16(25)20-18(12-23)27-19-13-24(3,4)11-17(26)21(19)22(20)28-14-15-8-6-5-7-9-15/h5-9,22H,10-14H2,1-4H3. The number of carbonyl (C=O) groups excluding carboxylic acids is 2. The van der Waals surface area contributed by atoms with Gasteiger partial charge >= 0.3 is 0 Å². The first-order chi connectivity index (χ1) is 13.2. The summed E-state index contributed by atoms with van der Waals surface area (Å²) in [5.41, 5.74) is 2.49. The van der Waals surface area contributed by atoms with Crippen LogP contribution in [0.15, 0.2) is 53.0 Å². The summed E-state index contributed by atoms with van der Waals surface area (Å²) in [6.45, 7) is 8.46. The molecule has 3 nitrogen and oxygen atoms in total. The number of allylic oxidation sites excluding steroid dienone is 2. The van der Waals surface area contributed by atoms with Crippen molar-refractivity contribution < 1.29 is 14.3 Å². The highest BCUT2D eigenvalue weighted by atomic mass is 32.2. The molecule has 0 amide bonds. The number of ether oxygens (including phenoxy) is 1. The van der Waals surface area contributed by atoms with Crippen LogP contribution in [0.25, 0.3) is 0 Å². The maximum absolute atomic E-state index is 13.1. The van der Waals surface area contributed by atoms with Crippen LogP contribution < -0.4 is 0 Å². The molecule has 0 saturated carbocycles. The van der Waals surface area contributed by atoms with Crippen molar-refractivity contribution in [2.24, 2.45) is 10.8 Å². The molecule has 2 aliphatic carbocycles. The average Bonchev–Trinajstić information content (AvgIpc) is 2.57. The zero-order chi connectivity index (χ0) is 20.1. The smallest absolute Gasteiger partial charge is 0.164 e. The third-order valence-corrected chi connectivity index (χ3v) is 7.09. The number of Topliss-reactive ketones (excluding diaryl/α,β-unsaturated/α-hetero) is 2. The summed E-state index contributed by atoms with van der Waals surface area (Å²) in [4.78, 5) is 26.2. The minimum Gasteiger partial charge on any atom is -0.465 e. The van der Waals surface area contributed by atoms with Gasteiger partial charge in [-0.2, -0.15) is 0 Å². The van der Waals surface area contributed by atoms with Crippen LogP contribution in [0.1, 0.15) is 58.9 Å². The molecule has 148 valence electrons. The average molecular weight is 397 g/mol. The van der Waals surface area contributed by atoms with E-state index in [1.165, 1.54) is 5.56 Å². The largest absolute Gasteiger partial charge is 0.465 e. The monoisotopic (exact) mass is 396 g/mol. The van der Waals surface area contributed by atoms with Gasteiger partial charge in [0, 0.05) is 31.4 Å². The fourth-order valence-corrected chi connectivity index (χ4v) is 5.95. The Morgan fingerprint density at radius 2 is 1.36 bits per heavy atom. The van der Waals surface area contributed by atoms with Crippen molar-refractivity contribution in [3.63, 3.8) is 0 Å². The van der Waals surface area contributed by atoms with Crippen molar-refractivity contribution in [1.82, 2.24) is 0 Å². The first-order valence-corrected chi connectivity index (χ1v) is 11.1. The van der Waals surface area contributed by atoms with Gasteiger partial charge in [0.25, 0.3) is 0 Å². The van der Waals surface area contributed by atoms with Crippen molar-refractivity contribution >= 4 is 23.3 Å². The number of benzene rings is 1. The van der Waals surface area contributed by atoms with E-state index in [0.29, 0.717) is 12.8 Å². The molecule has 0 aromatic heterocycles. The first-order valence-electron chi connectivity index (χ1n) is 10.0. The van der Waals surface area contributed by atoms with Gasteiger partial charge in [0.2, 0.25) is 0 Å². The molecule has 1 aliphatic heterocycles. The molecular weight excluding hydrogens is 368 g/mol. The molecule has 0 unspecified atom stereocenters. The van der Waals surface area contributed by atoms with E-state index in [1.807, 2.05) is 18.2 Å². The molecule has 1 heterocycles. The molecular formula is C24H28O3S. The highest BCUT2D eigenvalue weighted by Crippen LogP contribution is 2.51. The maximum Gasteiger partial charge on any atom is 0.164 e. The Labute approximate surface area is 171 Å². The second kappa shape index (κ2) is 6.91. The Bertz CT molecular complexity index is 838. The quantitative estimate of drug-likeness (QED) is 0.666. The Morgan fingerprint density at radius 1 is 0.857 bits per heavy atom. The topological polar surface area (TPSA) is 43.4 Å². The van der Waals surface area contributed by atoms with Crippen molar-refractivity contribution in [2.45, 2.75) is 64.4 Å². The predicted octanol–water partition coefficient (Wildman–Crippen LogP) is 5.61. The van der Waals surface area contributed by atoms with E-state index >= 15 is 0 Å². The highest BCUT2D eigenvalue weighted by Gasteiger charge is 2.47. The van der Waals surface area contributed by atoms with Crippen LogP contribution in [0.2, 0.25) is 0 Å². The summed E-state index contributed by atoms with van der Waals surface area (Å²) >= 11 is 1.69. The minimum absolute atomic E-state index is 0.100. The summed E-state index contributed by atoms with van der Waals surface area (Å²) in [5, 5.41) is -0.203. The predicted molar refractivity (Wildman–Crippen MR) is 113 cm³/mol. The summed E-state index contributed by atoms with van der Waals surface area (Å²) in [5.74, 6) is 2.65. The van der Waals surface area contributed by atoms with E-state index < -0.39 is 0 Å². The van der Waals surface area contributed by atoms with Gasteiger partial charge in [-0.05, 0) is 16.4 Å². The molecule has 28 heavy (non-hydrogen) atoms. The number of carbonyl (C=O) groups is 2. The van der Waals surface area contributed by atoms with Gasteiger partial charge in [0.1, 0.15) is 11.5 Å². The van der Waals surface area contributed by atoms with Gasteiger partial charge in [0.05, 0.1) is 16.4 Å². The van der Waals surface area contributed by atoms with Crippen molar-refractivity contribution in [2.75, 3.05) is 0 Å². The number of hydrogen-bond donors (Lipinski definition) is 0. The number of rotatable bonds is 3. The summed E-state index contributed by atoms with van der Waals surface area (Å²) in [6.07, 6.45) is 2.53. The van der Waals surface area contributed by atoms with Crippen LogP contribution in [-0.2, 0) is 20.1 Å². The first kappa shape index (κ1) is 19.5.